The minimum absolute atomic E-state index is 0.0326. The molecule has 0 bridgehead atoms. The number of nitrogens with zero attached hydrogens (tertiary/aromatic N) is 3. The van der Waals surface area contributed by atoms with Gasteiger partial charge in [-0.3, -0.25) is 9.69 Å². The highest BCUT2D eigenvalue weighted by Gasteiger charge is 2.31. The summed E-state index contributed by atoms with van der Waals surface area (Å²) >= 11 is 0. The number of piperazine rings is 1. The number of aliphatic hydroxyl groups excluding tert-OH is 1. The van der Waals surface area contributed by atoms with E-state index in [1.807, 2.05) is 13.8 Å². The van der Waals surface area contributed by atoms with Crippen molar-refractivity contribution in [2.45, 2.75) is 38.8 Å². The fourth-order valence-corrected chi connectivity index (χ4v) is 3.35. The molecule has 0 spiro atoms. The molecule has 146 valence electrons. The van der Waals surface area contributed by atoms with E-state index in [-0.39, 0.29) is 36.1 Å². The van der Waals surface area contributed by atoms with Gasteiger partial charge in [-0.2, -0.15) is 0 Å². The normalized spacial score (nSPS) is 18.3. The number of carbonyl (C=O) groups excluding carboxylic acids is 1. The molecule has 1 N–H and O–H groups in total. The molecule has 7 heteroatoms. The van der Waals surface area contributed by atoms with E-state index in [2.05, 4.69) is 10.1 Å². The third-order valence-electron chi connectivity index (χ3n) is 4.98. The predicted octanol–water partition coefficient (Wildman–Crippen LogP) is 2.65. The first-order valence-corrected chi connectivity index (χ1v) is 9.33. The van der Waals surface area contributed by atoms with Gasteiger partial charge in [0, 0.05) is 44.9 Å². The smallest absolute Gasteiger partial charge is 0.292 e. The molecule has 0 saturated carbocycles. The summed E-state index contributed by atoms with van der Waals surface area (Å²) in [5.41, 5.74) is 1.77. The molecule has 2 aromatic rings. The molecule has 1 saturated heterocycles. The van der Waals surface area contributed by atoms with Crippen LogP contribution in [0.4, 0.5) is 4.39 Å². The van der Waals surface area contributed by atoms with Crippen LogP contribution in [0.2, 0.25) is 0 Å². The Morgan fingerprint density at radius 3 is 2.70 bits per heavy atom. The first-order chi connectivity index (χ1) is 13.0. The molecule has 1 fully saturated rings. The lowest BCUT2D eigenvalue weighted by Crippen LogP contribution is -2.54. The lowest BCUT2D eigenvalue weighted by molar-refractivity contribution is 0.0366. The standard InChI is InChI=1S/C20H26FN3O3/c1-14(2)18-11-19(27-22-18)20(26)24-9-8-23(17(13-24)7-10-25)12-15-3-5-16(21)6-4-15/h3-6,11,14,17,25H,7-10,12-13H2,1-2H3/t17-/m0/s1. The highest BCUT2D eigenvalue weighted by molar-refractivity contribution is 5.91. The van der Waals surface area contributed by atoms with Crippen LogP contribution in [0.25, 0.3) is 0 Å². The highest BCUT2D eigenvalue weighted by atomic mass is 19.1. The first-order valence-electron chi connectivity index (χ1n) is 9.33. The van der Waals surface area contributed by atoms with Gasteiger partial charge in [-0.1, -0.05) is 31.1 Å². The van der Waals surface area contributed by atoms with Gasteiger partial charge >= 0.3 is 0 Å². The summed E-state index contributed by atoms with van der Waals surface area (Å²) in [4.78, 5) is 16.7. The number of amides is 1. The molecule has 1 aromatic heterocycles. The molecule has 0 unspecified atom stereocenters. The van der Waals surface area contributed by atoms with Crippen LogP contribution < -0.4 is 0 Å². The third kappa shape index (κ3) is 4.73. The van der Waals surface area contributed by atoms with E-state index in [0.29, 0.717) is 32.6 Å². The van der Waals surface area contributed by atoms with Gasteiger partial charge in [0.25, 0.3) is 5.91 Å². The van der Waals surface area contributed by atoms with Crippen LogP contribution in [0.5, 0.6) is 0 Å². The van der Waals surface area contributed by atoms with Gasteiger partial charge in [-0.15, -0.1) is 0 Å². The molecule has 1 amide bonds. The molecule has 1 atom stereocenters. The summed E-state index contributed by atoms with van der Waals surface area (Å²) in [5, 5.41) is 13.4. The van der Waals surface area contributed by atoms with Crippen LogP contribution in [-0.4, -0.2) is 58.3 Å². The molecule has 2 heterocycles. The Morgan fingerprint density at radius 2 is 2.07 bits per heavy atom. The Balaban J connectivity index is 1.67. The molecule has 1 aliphatic heterocycles. The van der Waals surface area contributed by atoms with Crippen LogP contribution >= 0.6 is 0 Å². The maximum absolute atomic E-state index is 13.1. The molecule has 1 aliphatic rings. The maximum atomic E-state index is 13.1. The van der Waals surface area contributed by atoms with Gasteiger partial charge in [-0.25, -0.2) is 4.39 Å². The summed E-state index contributed by atoms with van der Waals surface area (Å²) < 4.78 is 18.3. The van der Waals surface area contributed by atoms with Crippen molar-refractivity contribution in [3.05, 3.63) is 53.2 Å². The Hall–Kier alpha value is -2.25. The van der Waals surface area contributed by atoms with Crippen molar-refractivity contribution in [3.8, 4) is 0 Å². The zero-order valence-corrected chi connectivity index (χ0v) is 15.8. The van der Waals surface area contributed by atoms with Crippen LogP contribution in [0.1, 0.15) is 48.0 Å². The second-order valence-electron chi connectivity index (χ2n) is 7.28. The van der Waals surface area contributed by atoms with E-state index in [1.54, 1.807) is 23.1 Å². The molecule has 27 heavy (non-hydrogen) atoms. The number of rotatable bonds is 6. The van der Waals surface area contributed by atoms with Crippen molar-refractivity contribution in [1.82, 2.24) is 15.0 Å². The molecular formula is C20H26FN3O3. The zero-order valence-electron chi connectivity index (χ0n) is 15.8. The average Bonchev–Trinajstić information content (AvgIpc) is 3.15. The third-order valence-corrected chi connectivity index (χ3v) is 4.98. The monoisotopic (exact) mass is 375 g/mol. The Bertz CT molecular complexity index is 760. The molecule has 0 radical (unpaired) electrons. The van der Waals surface area contributed by atoms with Crippen molar-refractivity contribution in [2.75, 3.05) is 26.2 Å². The number of benzene rings is 1. The Labute approximate surface area is 158 Å². The average molecular weight is 375 g/mol. The van der Waals surface area contributed by atoms with E-state index < -0.39 is 0 Å². The summed E-state index contributed by atoms with van der Waals surface area (Å²) in [6, 6.07) is 8.18. The minimum atomic E-state index is -0.256. The second kappa shape index (κ2) is 8.63. The summed E-state index contributed by atoms with van der Waals surface area (Å²) in [5.74, 6) is 0.0334. The van der Waals surface area contributed by atoms with Gasteiger partial charge in [0.1, 0.15) is 5.82 Å². The van der Waals surface area contributed by atoms with E-state index >= 15 is 0 Å². The second-order valence-corrected chi connectivity index (χ2v) is 7.28. The van der Waals surface area contributed by atoms with Crippen molar-refractivity contribution in [3.63, 3.8) is 0 Å². The maximum Gasteiger partial charge on any atom is 0.292 e. The number of carbonyl (C=O) groups is 1. The highest BCUT2D eigenvalue weighted by Crippen LogP contribution is 2.20. The molecular weight excluding hydrogens is 349 g/mol. The van der Waals surface area contributed by atoms with Crippen LogP contribution in [-0.2, 0) is 6.54 Å². The largest absolute Gasteiger partial charge is 0.396 e. The van der Waals surface area contributed by atoms with E-state index in [9.17, 15) is 14.3 Å². The number of hydrogen-bond acceptors (Lipinski definition) is 5. The molecule has 1 aromatic carbocycles. The van der Waals surface area contributed by atoms with Gasteiger partial charge < -0.3 is 14.5 Å². The van der Waals surface area contributed by atoms with Crippen molar-refractivity contribution in [2.24, 2.45) is 0 Å². The summed E-state index contributed by atoms with van der Waals surface area (Å²) in [7, 11) is 0. The van der Waals surface area contributed by atoms with Crippen LogP contribution in [0.15, 0.2) is 34.9 Å². The quantitative estimate of drug-likeness (QED) is 0.841. The Kier molecular flexibility index (Phi) is 6.23. The fourth-order valence-electron chi connectivity index (χ4n) is 3.35. The molecule has 3 rings (SSSR count). The summed E-state index contributed by atoms with van der Waals surface area (Å²) in [6.07, 6.45) is 0.568. The van der Waals surface area contributed by atoms with E-state index in [4.69, 9.17) is 4.52 Å². The number of halogens is 1. The SMILES string of the molecule is CC(C)c1cc(C(=O)N2CCN(Cc3ccc(F)cc3)[C@@H](CCO)C2)on1. The predicted molar refractivity (Wildman–Crippen MR) is 98.8 cm³/mol. The number of hydrogen-bond donors (Lipinski definition) is 1. The van der Waals surface area contributed by atoms with Gasteiger partial charge in [0.15, 0.2) is 0 Å². The van der Waals surface area contributed by atoms with Crippen molar-refractivity contribution in [1.29, 1.82) is 0 Å². The topological polar surface area (TPSA) is 69.8 Å². The van der Waals surface area contributed by atoms with E-state index in [1.165, 1.54) is 12.1 Å². The van der Waals surface area contributed by atoms with Crippen molar-refractivity contribution >= 4 is 5.91 Å². The molecule has 6 nitrogen and oxygen atoms in total. The van der Waals surface area contributed by atoms with Gasteiger partial charge in [0.05, 0.1) is 5.69 Å². The number of aromatic nitrogens is 1. The first kappa shape index (κ1) is 19.5. The zero-order chi connectivity index (χ0) is 19.4. The van der Waals surface area contributed by atoms with Gasteiger partial charge in [-0.05, 0) is 30.0 Å². The lowest BCUT2D eigenvalue weighted by Gasteiger charge is -2.41. The van der Waals surface area contributed by atoms with Crippen LogP contribution in [0, 0.1) is 5.82 Å². The summed E-state index contributed by atoms with van der Waals surface area (Å²) in [6.45, 7) is 6.46. The fraction of sp³-hybridized carbons (Fsp3) is 0.500. The minimum Gasteiger partial charge on any atom is -0.396 e. The lowest BCUT2D eigenvalue weighted by atomic mass is 10.1. The van der Waals surface area contributed by atoms with E-state index in [0.717, 1.165) is 11.3 Å². The van der Waals surface area contributed by atoms with Gasteiger partial charge in [0.2, 0.25) is 5.76 Å². The van der Waals surface area contributed by atoms with Crippen molar-refractivity contribution < 1.29 is 18.8 Å². The Morgan fingerprint density at radius 1 is 1.33 bits per heavy atom. The molecule has 0 aliphatic carbocycles. The van der Waals surface area contributed by atoms with Crippen LogP contribution in [0.3, 0.4) is 0 Å². The number of aliphatic hydroxyl groups is 1.